The van der Waals surface area contributed by atoms with Gasteiger partial charge in [-0.2, -0.15) is 16.3 Å². The van der Waals surface area contributed by atoms with Crippen molar-refractivity contribution < 1.29 is 4.52 Å². The highest BCUT2D eigenvalue weighted by molar-refractivity contribution is 7.08. The van der Waals surface area contributed by atoms with Crippen LogP contribution in [-0.4, -0.2) is 41.2 Å². The number of hydrogen-bond donors (Lipinski definition) is 1. The number of piperazine rings is 1. The van der Waals surface area contributed by atoms with E-state index in [2.05, 4.69) is 27.3 Å². The van der Waals surface area contributed by atoms with Crippen molar-refractivity contribution in [3.05, 3.63) is 22.7 Å². The van der Waals surface area contributed by atoms with Crippen molar-refractivity contribution >= 4 is 11.3 Å². The van der Waals surface area contributed by atoms with Crippen molar-refractivity contribution in [1.29, 1.82) is 0 Å². The van der Waals surface area contributed by atoms with Gasteiger partial charge in [0.05, 0.1) is 11.6 Å². The Hall–Kier alpha value is -1.24. The van der Waals surface area contributed by atoms with Crippen molar-refractivity contribution in [2.75, 3.05) is 26.2 Å². The largest absolute Gasteiger partial charge is 0.334 e. The van der Waals surface area contributed by atoms with Crippen LogP contribution in [0.5, 0.6) is 0 Å². The molecule has 5 nitrogen and oxygen atoms in total. The molecule has 1 atom stereocenters. The molecule has 1 N–H and O–H groups in total. The number of rotatable bonds is 3. The second kappa shape index (κ2) is 5.17. The van der Waals surface area contributed by atoms with E-state index in [0.29, 0.717) is 5.89 Å². The predicted octanol–water partition coefficient (Wildman–Crippen LogP) is 1.76. The van der Waals surface area contributed by atoms with E-state index in [-0.39, 0.29) is 6.04 Å². The molecule has 1 saturated heterocycles. The summed E-state index contributed by atoms with van der Waals surface area (Å²) in [4.78, 5) is 6.87. The van der Waals surface area contributed by atoms with E-state index in [1.807, 2.05) is 16.8 Å². The van der Waals surface area contributed by atoms with Gasteiger partial charge in [0.1, 0.15) is 0 Å². The fourth-order valence-electron chi connectivity index (χ4n) is 2.14. The van der Waals surface area contributed by atoms with Crippen LogP contribution in [0.15, 0.2) is 21.3 Å². The first-order chi connectivity index (χ1) is 8.84. The third-order valence-corrected chi connectivity index (χ3v) is 3.97. The van der Waals surface area contributed by atoms with Gasteiger partial charge in [-0.15, -0.1) is 0 Å². The fraction of sp³-hybridized carbons (Fsp3) is 0.500. The number of hydrogen-bond acceptors (Lipinski definition) is 6. The molecule has 1 aliphatic rings. The van der Waals surface area contributed by atoms with Crippen LogP contribution in [0.25, 0.3) is 11.5 Å². The summed E-state index contributed by atoms with van der Waals surface area (Å²) in [5, 5.41) is 11.5. The molecule has 3 heterocycles. The maximum Gasteiger partial charge on any atom is 0.258 e. The summed E-state index contributed by atoms with van der Waals surface area (Å²) in [5.74, 6) is 1.39. The van der Waals surface area contributed by atoms with E-state index in [9.17, 15) is 0 Å². The number of nitrogens with one attached hydrogen (secondary N) is 1. The van der Waals surface area contributed by atoms with E-state index in [0.717, 1.165) is 37.6 Å². The Kier molecular flexibility index (Phi) is 3.40. The molecular formula is C12H16N4OS. The number of nitrogens with zero attached hydrogens (tertiary/aromatic N) is 3. The van der Waals surface area contributed by atoms with Crippen LogP contribution in [0, 0.1) is 0 Å². The topological polar surface area (TPSA) is 54.2 Å². The van der Waals surface area contributed by atoms with Gasteiger partial charge in [0.2, 0.25) is 0 Å². The summed E-state index contributed by atoms with van der Waals surface area (Å²) < 4.78 is 5.32. The van der Waals surface area contributed by atoms with E-state index in [1.165, 1.54) is 0 Å². The smallest absolute Gasteiger partial charge is 0.258 e. The van der Waals surface area contributed by atoms with E-state index in [4.69, 9.17) is 4.52 Å². The molecule has 3 rings (SSSR count). The molecule has 96 valence electrons. The zero-order valence-electron chi connectivity index (χ0n) is 10.3. The first-order valence-electron chi connectivity index (χ1n) is 6.15. The summed E-state index contributed by atoms with van der Waals surface area (Å²) in [5.41, 5.74) is 1.01. The van der Waals surface area contributed by atoms with Gasteiger partial charge >= 0.3 is 0 Å². The van der Waals surface area contributed by atoms with Crippen LogP contribution < -0.4 is 5.32 Å². The molecule has 18 heavy (non-hydrogen) atoms. The van der Waals surface area contributed by atoms with Crippen molar-refractivity contribution in [2.24, 2.45) is 0 Å². The number of thiophene rings is 1. The van der Waals surface area contributed by atoms with Crippen molar-refractivity contribution in [1.82, 2.24) is 20.4 Å². The average Bonchev–Trinajstić information content (AvgIpc) is 3.09. The fourth-order valence-corrected chi connectivity index (χ4v) is 2.77. The molecule has 1 unspecified atom stereocenters. The lowest BCUT2D eigenvalue weighted by Gasteiger charge is -2.30. The Bertz CT molecular complexity index is 490. The van der Waals surface area contributed by atoms with Gasteiger partial charge in [-0.05, 0) is 18.4 Å². The third-order valence-electron chi connectivity index (χ3n) is 3.28. The van der Waals surface area contributed by atoms with E-state index in [1.54, 1.807) is 11.3 Å². The molecule has 0 aliphatic carbocycles. The van der Waals surface area contributed by atoms with Crippen molar-refractivity contribution in [2.45, 2.75) is 13.0 Å². The van der Waals surface area contributed by atoms with Gasteiger partial charge in [0, 0.05) is 31.6 Å². The lowest BCUT2D eigenvalue weighted by molar-refractivity contribution is 0.176. The molecule has 0 bridgehead atoms. The Morgan fingerprint density at radius 3 is 3.00 bits per heavy atom. The Balaban J connectivity index is 1.76. The second-order valence-electron chi connectivity index (χ2n) is 4.43. The van der Waals surface area contributed by atoms with Crippen LogP contribution in [-0.2, 0) is 0 Å². The normalized spacial score (nSPS) is 18.9. The molecular weight excluding hydrogens is 248 g/mol. The summed E-state index contributed by atoms with van der Waals surface area (Å²) in [6.45, 7) is 6.25. The van der Waals surface area contributed by atoms with Crippen molar-refractivity contribution in [3.63, 3.8) is 0 Å². The van der Waals surface area contributed by atoms with Crippen LogP contribution >= 0.6 is 11.3 Å². The first-order valence-corrected chi connectivity index (χ1v) is 7.10. The molecule has 6 heteroatoms. The van der Waals surface area contributed by atoms with E-state index >= 15 is 0 Å². The molecule has 0 saturated carbocycles. The molecule has 1 aliphatic heterocycles. The Morgan fingerprint density at radius 2 is 2.28 bits per heavy atom. The summed E-state index contributed by atoms with van der Waals surface area (Å²) in [7, 11) is 0. The highest BCUT2D eigenvalue weighted by atomic mass is 32.1. The van der Waals surface area contributed by atoms with Crippen LogP contribution in [0.4, 0.5) is 0 Å². The molecule has 0 spiro atoms. The van der Waals surface area contributed by atoms with Gasteiger partial charge in [-0.1, -0.05) is 5.16 Å². The van der Waals surface area contributed by atoms with E-state index < -0.39 is 0 Å². The Labute approximate surface area is 110 Å². The standard InChI is InChI=1S/C12H16N4OS/c1-9(16-5-3-13-4-6-16)11-14-12(17-15-11)10-2-7-18-8-10/h2,7-9,13H,3-6H2,1H3. The minimum Gasteiger partial charge on any atom is -0.334 e. The molecule has 1 fully saturated rings. The van der Waals surface area contributed by atoms with Gasteiger partial charge in [-0.3, -0.25) is 4.90 Å². The SMILES string of the molecule is CC(c1noc(-c2ccsc2)n1)N1CCNCC1. The summed E-state index contributed by atoms with van der Waals surface area (Å²) in [6.07, 6.45) is 0. The minimum absolute atomic E-state index is 0.211. The second-order valence-corrected chi connectivity index (χ2v) is 5.21. The quantitative estimate of drug-likeness (QED) is 0.915. The van der Waals surface area contributed by atoms with Gasteiger partial charge in [0.25, 0.3) is 5.89 Å². The third kappa shape index (κ3) is 2.31. The highest BCUT2D eigenvalue weighted by Gasteiger charge is 2.22. The monoisotopic (exact) mass is 264 g/mol. The first kappa shape index (κ1) is 11.8. The molecule has 0 aromatic carbocycles. The Morgan fingerprint density at radius 1 is 1.44 bits per heavy atom. The maximum absolute atomic E-state index is 5.32. The zero-order valence-corrected chi connectivity index (χ0v) is 11.1. The lowest BCUT2D eigenvalue weighted by Crippen LogP contribution is -2.44. The van der Waals surface area contributed by atoms with Gasteiger partial charge in [0.15, 0.2) is 5.82 Å². The van der Waals surface area contributed by atoms with Crippen LogP contribution in [0.1, 0.15) is 18.8 Å². The highest BCUT2D eigenvalue weighted by Crippen LogP contribution is 2.23. The van der Waals surface area contributed by atoms with Gasteiger partial charge < -0.3 is 9.84 Å². The summed E-state index contributed by atoms with van der Waals surface area (Å²) in [6, 6.07) is 2.21. The maximum atomic E-state index is 5.32. The summed E-state index contributed by atoms with van der Waals surface area (Å²) >= 11 is 1.63. The zero-order chi connectivity index (χ0) is 12.4. The van der Waals surface area contributed by atoms with Gasteiger partial charge in [-0.25, -0.2) is 0 Å². The minimum atomic E-state index is 0.211. The molecule has 0 radical (unpaired) electrons. The average molecular weight is 264 g/mol. The predicted molar refractivity (Wildman–Crippen MR) is 70.5 cm³/mol. The molecule has 0 amide bonds. The van der Waals surface area contributed by atoms with Crippen molar-refractivity contribution in [3.8, 4) is 11.5 Å². The number of aromatic nitrogens is 2. The molecule has 2 aromatic heterocycles. The molecule has 2 aromatic rings. The lowest BCUT2D eigenvalue weighted by atomic mass is 10.2. The van der Waals surface area contributed by atoms with Crippen LogP contribution in [0.2, 0.25) is 0 Å². The van der Waals surface area contributed by atoms with Crippen LogP contribution in [0.3, 0.4) is 0 Å².